The normalized spacial score (nSPS) is 12.0. The van der Waals surface area contributed by atoms with Gasteiger partial charge in [-0.3, -0.25) is 9.59 Å². The molecule has 0 atom stereocenters. The lowest BCUT2D eigenvalue weighted by atomic mass is 9.95. The number of nitrogens with zero attached hydrogens (tertiary/aromatic N) is 5. The van der Waals surface area contributed by atoms with E-state index in [-0.39, 0.29) is 55.1 Å². The lowest BCUT2D eigenvalue weighted by Crippen LogP contribution is -2.32. The quantitative estimate of drug-likeness (QED) is 0.0426. The molecule has 0 aliphatic heterocycles. The summed E-state index contributed by atoms with van der Waals surface area (Å²) in [6.07, 6.45) is 5.31. The predicted octanol–water partition coefficient (Wildman–Crippen LogP) is 9.69. The molecule has 1 aromatic heterocycles. The maximum Gasteiger partial charge on any atom is 0.306 e. The van der Waals surface area contributed by atoms with Crippen LogP contribution in [-0.4, -0.2) is 77.4 Å². The van der Waals surface area contributed by atoms with Gasteiger partial charge in [-0.2, -0.15) is 9.10 Å². The SMILES string of the molecule is COc1ccc(CN(Cc2ccc(OC)cc2)S(=O)(=O)c2c(CCCCCC(=O)OC(C)(C)C)ccc(CCCCCC(=O)OC(C)(C)C)c2-c2nnn(Cc3ccc(OC)cc3)n2)cc1. The van der Waals surface area contributed by atoms with Gasteiger partial charge in [-0.05, 0) is 149 Å². The minimum Gasteiger partial charge on any atom is -0.497 e. The summed E-state index contributed by atoms with van der Waals surface area (Å²) >= 11 is 0. The fourth-order valence-corrected chi connectivity index (χ4v) is 9.33. The molecule has 0 saturated heterocycles. The van der Waals surface area contributed by atoms with Gasteiger partial charge >= 0.3 is 11.9 Å². The maximum atomic E-state index is 15.9. The first-order chi connectivity index (χ1) is 31.4. The summed E-state index contributed by atoms with van der Waals surface area (Å²) in [5, 5.41) is 13.9. The maximum absolute atomic E-state index is 15.9. The van der Waals surface area contributed by atoms with Crippen LogP contribution in [0.3, 0.4) is 0 Å². The van der Waals surface area contributed by atoms with Crippen LogP contribution in [0.2, 0.25) is 0 Å². The number of tetrazole rings is 1. The highest BCUT2D eigenvalue weighted by Gasteiger charge is 2.34. The molecule has 5 rings (SSSR count). The molecule has 0 amide bonds. The molecule has 4 aromatic carbocycles. The number of hydrogen-bond donors (Lipinski definition) is 0. The van der Waals surface area contributed by atoms with E-state index in [0.29, 0.717) is 79.7 Å². The van der Waals surface area contributed by atoms with Crippen LogP contribution in [0.5, 0.6) is 17.2 Å². The van der Waals surface area contributed by atoms with Gasteiger partial charge in [0.15, 0.2) is 0 Å². The molecule has 0 aliphatic carbocycles. The van der Waals surface area contributed by atoms with Crippen molar-refractivity contribution < 1.29 is 41.7 Å². The van der Waals surface area contributed by atoms with Crippen LogP contribution in [-0.2, 0) is 61.6 Å². The van der Waals surface area contributed by atoms with Crippen LogP contribution in [0, 0.1) is 0 Å². The summed E-state index contributed by atoms with van der Waals surface area (Å²) in [5.41, 5.74) is 3.04. The van der Waals surface area contributed by atoms with Crippen LogP contribution in [0.15, 0.2) is 89.8 Å². The van der Waals surface area contributed by atoms with Crippen molar-refractivity contribution in [2.45, 2.75) is 141 Å². The second-order valence-electron chi connectivity index (χ2n) is 18.3. The van der Waals surface area contributed by atoms with Gasteiger partial charge < -0.3 is 23.7 Å². The molecule has 0 N–H and O–H groups in total. The number of aromatic nitrogens is 4. The Bertz CT molecular complexity index is 2390. The van der Waals surface area contributed by atoms with E-state index in [4.69, 9.17) is 28.8 Å². The Morgan fingerprint density at radius 1 is 0.576 bits per heavy atom. The smallest absolute Gasteiger partial charge is 0.306 e. The minimum atomic E-state index is -4.35. The van der Waals surface area contributed by atoms with E-state index in [1.807, 2.05) is 126 Å². The van der Waals surface area contributed by atoms with E-state index in [9.17, 15) is 9.59 Å². The summed E-state index contributed by atoms with van der Waals surface area (Å²) in [6, 6.07) is 26.1. The lowest BCUT2D eigenvalue weighted by molar-refractivity contribution is -0.156. The second-order valence-corrected chi connectivity index (χ2v) is 20.2. The molecular weight excluding hydrogens is 859 g/mol. The van der Waals surface area contributed by atoms with E-state index in [0.717, 1.165) is 22.3 Å². The number of benzene rings is 4. The number of sulfonamides is 1. The summed E-state index contributed by atoms with van der Waals surface area (Å²) < 4.78 is 60.5. The van der Waals surface area contributed by atoms with Crippen molar-refractivity contribution >= 4 is 22.0 Å². The van der Waals surface area contributed by atoms with Crippen LogP contribution >= 0.6 is 0 Å². The standard InChI is InChI=1S/C51H67N5O9S/c1-50(2,3)64-45(57)18-14-10-12-16-40-26-27-41(17-13-11-15-19-46(58)65-51(4,5)6)48(47(40)49-52-54-56(53-49)36-39-24-32-44(63-9)33-25-39)66(59,60)55(34-37-20-28-42(61-7)29-21-37)35-38-22-30-43(62-8)31-23-38/h20-33H,10-19,34-36H2,1-9H3. The molecule has 356 valence electrons. The number of carbonyl (C=O) groups excluding carboxylic acids is 2. The average molecular weight is 926 g/mol. The van der Waals surface area contributed by atoms with E-state index in [2.05, 4.69) is 10.3 Å². The molecule has 0 radical (unpaired) electrons. The molecule has 0 spiro atoms. The highest BCUT2D eigenvalue weighted by atomic mass is 32.2. The molecule has 0 unspecified atom stereocenters. The number of methoxy groups -OCH3 is 3. The molecule has 14 nitrogen and oxygen atoms in total. The summed E-state index contributed by atoms with van der Waals surface area (Å²) in [4.78, 5) is 26.7. The number of ether oxygens (including phenoxy) is 5. The third-order valence-electron chi connectivity index (χ3n) is 10.6. The van der Waals surface area contributed by atoms with Crippen LogP contribution in [0.1, 0.15) is 121 Å². The average Bonchev–Trinajstić information content (AvgIpc) is 3.73. The largest absolute Gasteiger partial charge is 0.497 e. The van der Waals surface area contributed by atoms with Gasteiger partial charge in [0, 0.05) is 31.5 Å². The van der Waals surface area contributed by atoms with E-state index < -0.39 is 21.2 Å². The number of esters is 2. The monoisotopic (exact) mass is 925 g/mol. The molecule has 0 bridgehead atoms. The zero-order chi connectivity index (χ0) is 47.9. The molecule has 15 heteroatoms. The van der Waals surface area contributed by atoms with Gasteiger partial charge in [0.1, 0.15) is 28.5 Å². The molecule has 66 heavy (non-hydrogen) atoms. The Balaban J connectivity index is 1.60. The van der Waals surface area contributed by atoms with Crippen molar-refractivity contribution in [1.29, 1.82) is 0 Å². The highest BCUT2D eigenvalue weighted by molar-refractivity contribution is 7.89. The lowest BCUT2D eigenvalue weighted by Gasteiger charge is -2.26. The molecule has 0 fully saturated rings. The first-order valence-electron chi connectivity index (χ1n) is 22.6. The number of aryl methyl sites for hydroxylation is 2. The molecule has 1 heterocycles. The van der Waals surface area contributed by atoms with Crippen LogP contribution in [0.25, 0.3) is 11.4 Å². The zero-order valence-electron chi connectivity index (χ0n) is 40.1. The number of unbranched alkanes of at least 4 members (excludes halogenated alkanes) is 4. The summed E-state index contributed by atoms with van der Waals surface area (Å²) in [7, 11) is 0.432. The summed E-state index contributed by atoms with van der Waals surface area (Å²) in [5.74, 6) is 1.70. The van der Waals surface area contributed by atoms with Crippen LogP contribution in [0.4, 0.5) is 0 Å². The zero-order valence-corrected chi connectivity index (χ0v) is 40.9. The van der Waals surface area contributed by atoms with Gasteiger partial charge in [-0.1, -0.05) is 61.4 Å². The Labute approximate surface area is 391 Å². The molecule has 0 aliphatic rings. The Morgan fingerprint density at radius 2 is 1.00 bits per heavy atom. The van der Waals surface area contributed by atoms with Gasteiger partial charge in [-0.15, -0.1) is 10.2 Å². The second kappa shape index (κ2) is 23.6. The Hall–Kier alpha value is -5.80. The first-order valence-corrected chi connectivity index (χ1v) is 24.1. The minimum absolute atomic E-state index is 0.0552. The molecule has 0 saturated carbocycles. The number of carbonyl (C=O) groups is 2. The van der Waals surface area contributed by atoms with Crippen molar-refractivity contribution in [2.24, 2.45) is 0 Å². The number of hydrogen-bond acceptors (Lipinski definition) is 12. The first kappa shape index (κ1) is 51.2. The molecule has 5 aromatic rings. The number of rotatable bonds is 24. The fraction of sp³-hybridized carbons (Fsp3) is 0.471. The fourth-order valence-electron chi connectivity index (χ4n) is 7.45. The summed E-state index contributed by atoms with van der Waals surface area (Å²) in [6.45, 7) is 11.5. The van der Waals surface area contributed by atoms with Gasteiger partial charge in [0.05, 0.1) is 32.8 Å². The topological polar surface area (TPSA) is 161 Å². The third kappa shape index (κ3) is 15.7. The van der Waals surface area contributed by atoms with Crippen molar-refractivity contribution in [1.82, 2.24) is 24.5 Å². The van der Waals surface area contributed by atoms with Crippen LogP contribution < -0.4 is 14.2 Å². The predicted molar refractivity (Wildman–Crippen MR) is 254 cm³/mol. The van der Waals surface area contributed by atoms with Gasteiger partial charge in [0.2, 0.25) is 15.8 Å². The van der Waals surface area contributed by atoms with Crippen molar-refractivity contribution in [3.63, 3.8) is 0 Å². The van der Waals surface area contributed by atoms with Crippen molar-refractivity contribution in [3.8, 4) is 28.6 Å². The van der Waals surface area contributed by atoms with Crippen molar-refractivity contribution in [3.05, 3.63) is 113 Å². The molecular formula is C51H67N5O9S. The van der Waals surface area contributed by atoms with E-state index >= 15 is 8.42 Å². The third-order valence-corrected chi connectivity index (χ3v) is 12.5. The van der Waals surface area contributed by atoms with Crippen molar-refractivity contribution in [2.75, 3.05) is 21.3 Å². The highest BCUT2D eigenvalue weighted by Crippen LogP contribution is 2.37. The Morgan fingerprint density at radius 3 is 1.44 bits per heavy atom. The van der Waals surface area contributed by atoms with Gasteiger partial charge in [-0.25, -0.2) is 8.42 Å². The Kier molecular flexibility index (Phi) is 18.3. The van der Waals surface area contributed by atoms with E-state index in [1.54, 1.807) is 21.3 Å². The van der Waals surface area contributed by atoms with E-state index in [1.165, 1.54) is 9.10 Å². The van der Waals surface area contributed by atoms with Gasteiger partial charge in [0.25, 0.3) is 0 Å².